The maximum absolute atomic E-state index is 8.89. The standard InChI is InChI=1S/C16H16N2/c1-12-3-6-14(7-4-12)11-18-16-9-15(10-17)8-5-13(16)2/h3-9,18H,11H2,1-2H3. The molecule has 0 aliphatic carbocycles. The Bertz CT molecular complexity index is 577. The summed E-state index contributed by atoms with van der Waals surface area (Å²) in [6, 6.07) is 16.3. The second-order valence-electron chi connectivity index (χ2n) is 4.48. The molecule has 0 aliphatic rings. The van der Waals surface area contributed by atoms with E-state index >= 15 is 0 Å². The second-order valence-corrected chi connectivity index (χ2v) is 4.48. The summed E-state index contributed by atoms with van der Waals surface area (Å²) in [5.41, 5.74) is 5.37. The maximum Gasteiger partial charge on any atom is 0.0992 e. The van der Waals surface area contributed by atoms with Crippen LogP contribution in [0.1, 0.15) is 22.3 Å². The van der Waals surface area contributed by atoms with Crippen molar-refractivity contribution in [3.8, 4) is 6.07 Å². The van der Waals surface area contributed by atoms with Crippen LogP contribution in [0.4, 0.5) is 5.69 Å². The van der Waals surface area contributed by atoms with Crippen molar-refractivity contribution in [1.82, 2.24) is 0 Å². The third-order valence-corrected chi connectivity index (χ3v) is 2.97. The van der Waals surface area contributed by atoms with Gasteiger partial charge in [-0.05, 0) is 37.1 Å². The highest BCUT2D eigenvalue weighted by molar-refractivity contribution is 5.55. The Morgan fingerprint density at radius 3 is 2.44 bits per heavy atom. The molecule has 0 unspecified atom stereocenters. The van der Waals surface area contributed by atoms with Gasteiger partial charge in [0.05, 0.1) is 11.6 Å². The zero-order valence-corrected chi connectivity index (χ0v) is 10.7. The fourth-order valence-electron chi connectivity index (χ4n) is 1.79. The van der Waals surface area contributed by atoms with Crippen LogP contribution in [0.3, 0.4) is 0 Å². The van der Waals surface area contributed by atoms with Gasteiger partial charge in [0.2, 0.25) is 0 Å². The molecule has 2 aromatic rings. The van der Waals surface area contributed by atoms with Crippen LogP contribution in [0.2, 0.25) is 0 Å². The first kappa shape index (κ1) is 12.2. The Labute approximate surface area is 108 Å². The Morgan fingerprint density at radius 2 is 1.78 bits per heavy atom. The zero-order chi connectivity index (χ0) is 13.0. The molecule has 2 aromatic carbocycles. The number of hydrogen-bond acceptors (Lipinski definition) is 2. The normalized spacial score (nSPS) is 9.83. The molecule has 0 bridgehead atoms. The van der Waals surface area contributed by atoms with Gasteiger partial charge in [0.25, 0.3) is 0 Å². The molecule has 0 amide bonds. The van der Waals surface area contributed by atoms with Gasteiger partial charge in [0, 0.05) is 12.2 Å². The lowest BCUT2D eigenvalue weighted by Gasteiger charge is -2.10. The first-order chi connectivity index (χ1) is 8.69. The lowest BCUT2D eigenvalue weighted by Crippen LogP contribution is -2.01. The molecule has 2 nitrogen and oxygen atoms in total. The summed E-state index contributed by atoms with van der Waals surface area (Å²) in [6.45, 7) is 4.90. The van der Waals surface area contributed by atoms with Crippen LogP contribution in [0.15, 0.2) is 42.5 Å². The smallest absolute Gasteiger partial charge is 0.0992 e. The van der Waals surface area contributed by atoms with Crippen LogP contribution in [0.5, 0.6) is 0 Å². The van der Waals surface area contributed by atoms with Gasteiger partial charge in [-0.3, -0.25) is 0 Å². The second kappa shape index (κ2) is 5.37. The quantitative estimate of drug-likeness (QED) is 0.880. The molecule has 2 heteroatoms. The number of nitrogens with zero attached hydrogens (tertiary/aromatic N) is 1. The van der Waals surface area contributed by atoms with Crippen molar-refractivity contribution in [2.75, 3.05) is 5.32 Å². The maximum atomic E-state index is 8.89. The van der Waals surface area contributed by atoms with Gasteiger partial charge < -0.3 is 5.32 Å². The van der Waals surface area contributed by atoms with Gasteiger partial charge in [-0.2, -0.15) is 5.26 Å². The monoisotopic (exact) mass is 236 g/mol. The summed E-state index contributed by atoms with van der Waals surface area (Å²) < 4.78 is 0. The highest BCUT2D eigenvalue weighted by Gasteiger charge is 2.00. The molecule has 0 aliphatic heterocycles. The minimum Gasteiger partial charge on any atom is -0.381 e. The van der Waals surface area contributed by atoms with E-state index in [0.29, 0.717) is 5.56 Å². The molecule has 0 aromatic heterocycles. The van der Waals surface area contributed by atoms with Gasteiger partial charge in [-0.1, -0.05) is 35.9 Å². The summed E-state index contributed by atoms with van der Waals surface area (Å²) in [7, 11) is 0. The van der Waals surface area contributed by atoms with Crippen molar-refractivity contribution in [3.05, 3.63) is 64.7 Å². The number of rotatable bonds is 3. The number of nitrogens with one attached hydrogen (secondary N) is 1. The van der Waals surface area contributed by atoms with E-state index in [1.165, 1.54) is 11.1 Å². The van der Waals surface area contributed by atoms with Crippen LogP contribution in [-0.4, -0.2) is 0 Å². The molecule has 1 N–H and O–H groups in total. The summed E-state index contributed by atoms with van der Waals surface area (Å²) in [6.07, 6.45) is 0. The lowest BCUT2D eigenvalue weighted by molar-refractivity contribution is 1.13. The van der Waals surface area contributed by atoms with Crippen LogP contribution in [-0.2, 0) is 6.54 Å². The van der Waals surface area contributed by atoms with Crippen LogP contribution < -0.4 is 5.32 Å². The molecule has 18 heavy (non-hydrogen) atoms. The van der Waals surface area contributed by atoms with E-state index < -0.39 is 0 Å². The molecule has 0 saturated carbocycles. The topological polar surface area (TPSA) is 35.8 Å². The Balaban J connectivity index is 2.10. The molecule has 0 saturated heterocycles. The summed E-state index contributed by atoms with van der Waals surface area (Å²) >= 11 is 0. The van der Waals surface area contributed by atoms with Gasteiger partial charge in [-0.15, -0.1) is 0 Å². The number of aryl methyl sites for hydroxylation is 2. The van der Waals surface area contributed by atoms with E-state index in [-0.39, 0.29) is 0 Å². The molecule has 90 valence electrons. The SMILES string of the molecule is Cc1ccc(CNc2cc(C#N)ccc2C)cc1. The first-order valence-electron chi connectivity index (χ1n) is 5.99. The molecule has 2 rings (SSSR count). The summed E-state index contributed by atoms with van der Waals surface area (Å²) in [5.74, 6) is 0. The summed E-state index contributed by atoms with van der Waals surface area (Å²) in [4.78, 5) is 0. The Kier molecular flexibility index (Phi) is 3.64. The van der Waals surface area contributed by atoms with E-state index in [4.69, 9.17) is 5.26 Å². The van der Waals surface area contributed by atoms with Gasteiger partial charge >= 0.3 is 0 Å². The fraction of sp³-hybridized carbons (Fsp3) is 0.188. The van der Waals surface area contributed by atoms with Crippen LogP contribution >= 0.6 is 0 Å². The van der Waals surface area contributed by atoms with E-state index in [1.54, 1.807) is 0 Å². The number of hydrogen-bond donors (Lipinski definition) is 1. The van der Waals surface area contributed by atoms with Crippen molar-refractivity contribution in [2.45, 2.75) is 20.4 Å². The number of nitriles is 1. The highest BCUT2D eigenvalue weighted by atomic mass is 14.9. The zero-order valence-electron chi connectivity index (χ0n) is 10.7. The molecular weight excluding hydrogens is 220 g/mol. The molecule has 0 fully saturated rings. The Morgan fingerprint density at radius 1 is 1.06 bits per heavy atom. The third kappa shape index (κ3) is 2.89. The predicted octanol–water partition coefficient (Wildman–Crippen LogP) is 3.79. The third-order valence-electron chi connectivity index (χ3n) is 2.97. The fourth-order valence-corrected chi connectivity index (χ4v) is 1.79. The van der Waals surface area contributed by atoms with E-state index in [2.05, 4.69) is 42.6 Å². The largest absolute Gasteiger partial charge is 0.381 e. The van der Waals surface area contributed by atoms with Crippen molar-refractivity contribution in [3.63, 3.8) is 0 Å². The van der Waals surface area contributed by atoms with E-state index in [0.717, 1.165) is 17.8 Å². The molecule has 0 radical (unpaired) electrons. The van der Waals surface area contributed by atoms with Crippen molar-refractivity contribution >= 4 is 5.69 Å². The average molecular weight is 236 g/mol. The van der Waals surface area contributed by atoms with Crippen molar-refractivity contribution < 1.29 is 0 Å². The molecule has 0 atom stereocenters. The molecule has 0 heterocycles. The minimum absolute atomic E-state index is 0.687. The van der Waals surface area contributed by atoms with E-state index in [9.17, 15) is 0 Å². The number of anilines is 1. The van der Waals surface area contributed by atoms with Crippen molar-refractivity contribution in [2.24, 2.45) is 0 Å². The van der Waals surface area contributed by atoms with Gasteiger partial charge in [-0.25, -0.2) is 0 Å². The van der Waals surface area contributed by atoms with Crippen molar-refractivity contribution in [1.29, 1.82) is 5.26 Å². The predicted molar refractivity (Wildman–Crippen MR) is 74.4 cm³/mol. The van der Waals surface area contributed by atoms with Gasteiger partial charge in [0.15, 0.2) is 0 Å². The molecular formula is C16H16N2. The highest BCUT2D eigenvalue weighted by Crippen LogP contribution is 2.17. The molecule has 0 spiro atoms. The average Bonchev–Trinajstić information content (AvgIpc) is 2.40. The summed E-state index contributed by atoms with van der Waals surface area (Å²) in [5, 5.41) is 12.3. The number of benzene rings is 2. The Hall–Kier alpha value is -2.27. The van der Waals surface area contributed by atoms with Crippen LogP contribution in [0, 0.1) is 25.2 Å². The van der Waals surface area contributed by atoms with E-state index in [1.807, 2.05) is 25.1 Å². The van der Waals surface area contributed by atoms with Crippen LogP contribution in [0.25, 0.3) is 0 Å². The first-order valence-corrected chi connectivity index (χ1v) is 5.99. The minimum atomic E-state index is 0.687. The lowest BCUT2D eigenvalue weighted by atomic mass is 10.1. The van der Waals surface area contributed by atoms with Gasteiger partial charge in [0.1, 0.15) is 0 Å².